The fraction of sp³-hybridized carbons (Fsp3) is 0.200. The summed E-state index contributed by atoms with van der Waals surface area (Å²) in [5.74, 6) is -0.793. The summed E-state index contributed by atoms with van der Waals surface area (Å²) < 4.78 is 33.3. The lowest BCUT2D eigenvalue weighted by molar-refractivity contribution is 0.0639. The van der Waals surface area contributed by atoms with E-state index in [4.69, 9.17) is 4.74 Å². The predicted octanol–water partition coefficient (Wildman–Crippen LogP) is 4.28. The molecule has 1 unspecified atom stereocenters. The first kappa shape index (κ1) is 13.5. The standard InChI is InChI=1S/C15H11BrF2O2/c16-8-1-3-11-13(19)7-15(20-14(11)5-8)10-4-2-9(17)6-12(10)18/h1-6,13,15,19H,7H2/t13-,15?/m0/s1. The van der Waals surface area contributed by atoms with Crippen LogP contribution in [0.1, 0.15) is 29.8 Å². The summed E-state index contributed by atoms with van der Waals surface area (Å²) in [4.78, 5) is 0. The smallest absolute Gasteiger partial charge is 0.133 e. The zero-order valence-corrected chi connectivity index (χ0v) is 11.9. The molecule has 104 valence electrons. The Morgan fingerprint density at radius 1 is 1.10 bits per heavy atom. The Bertz CT molecular complexity index is 660. The highest BCUT2D eigenvalue weighted by Crippen LogP contribution is 2.42. The Labute approximate surface area is 123 Å². The van der Waals surface area contributed by atoms with Gasteiger partial charge in [-0.15, -0.1) is 0 Å². The monoisotopic (exact) mass is 340 g/mol. The van der Waals surface area contributed by atoms with Crippen LogP contribution in [0, 0.1) is 11.6 Å². The summed E-state index contributed by atoms with van der Waals surface area (Å²) in [5.41, 5.74) is 0.919. The van der Waals surface area contributed by atoms with Crippen molar-refractivity contribution in [1.29, 1.82) is 0 Å². The minimum absolute atomic E-state index is 0.233. The van der Waals surface area contributed by atoms with Gasteiger partial charge in [-0.05, 0) is 24.3 Å². The minimum atomic E-state index is -0.735. The van der Waals surface area contributed by atoms with E-state index in [0.29, 0.717) is 11.3 Å². The highest BCUT2D eigenvalue weighted by Gasteiger charge is 2.29. The van der Waals surface area contributed by atoms with Crippen LogP contribution >= 0.6 is 15.9 Å². The van der Waals surface area contributed by atoms with Gasteiger partial charge >= 0.3 is 0 Å². The van der Waals surface area contributed by atoms with Crippen LogP contribution in [0.25, 0.3) is 0 Å². The molecule has 0 fully saturated rings. The number of rotatable bonds is 1. The molecule has 20 heavy (non-hydrogen) atoms. The lowest BCUT2D eigenvalue weighted by Gasteiger charge is -2.30. The third kappa shape index (κ3) is 2.43. The molecule has 0 saturated carbocycles. The number of hydrogen-bond donors (Lipinski definition) is 1. The van der Waals surface area contributed by atoms with Crippen molar-refractivity contribution in [3.8, 4) is 5.75 Å². The third-order valence-electron chi connectivity index (χ3n) is 3.35. The van der Waals surface area contributed by atoms with Crippen molar-refractivity contribution < 1.29 is 18.6 Å². The Morgan fingerprint density at radius 2 is 1.85 bits per heavy atom. The van der Waals surface area contributed by atoms with Gasteiger partial charge in [0, 0.05) is 28.1 Å². The van der Waals surface area contributed by atoms with Crippen LogP contribution in [0.3, 0.4) is 0 Å². The predicted molar refractivity (Wildman–Crippen MR) is 73.4 cm³/mol. The molecule has 2 atom stereocenters. The molecule has 1 N–H and O–H groups in total. The second kappa shape index (κ2) is 5.14. The summed E-state index contributed by atoms with van der Waals surface area (Å²) in [6, 6.07) is 8.66. The molecule has 2 aromatic rings. The van der Waals surface area contributed by atoms with Crippen molar-refractivity contribution in [3.63, 3.8) is 0 Å². The van der Waals surface area contributed by atoms with Gasteiger partial charge in [0.25, 0.3) is 0 Å². The molecule has 2 aromatic carbocycles. The zero-order chi connectivity index (χ0) is 14.3. The van der Waals surface area contributed by atoms with Crippen LogP contribution in [0.15, 0.2) is 40.9 Å². The number of aliphatic hydroxyl groups excluding tert-OH is 1. The van der Waals surface area contributed by atoms with E-state index in [9.17, 15) is 13.9 Å². The highest BCUT2D eigenvalue weighted by atomic mass is 79.9. The molecule has 0 radical (unpaired) electrons. The molecule has 0 saturated heterocycles. The van der Waals surface area contributed by atoms with Gasteiger partial charge in [-0.3, -0.25) is 0 Å². The van der Waals surface area contributed by atoms with Crippen molar-refractivity contribution in [2.75, 3.05) is 0 Å². The van der Waals surface area contributed by atoms with Crippen molar-refractivity contribution >= 4 is 15.9 Å². The molecule has 1 aliphatic heterocycles. The molecule has 2 nitrogen and oxygen atoms in total. The lowest BCUT2D eigenvalue weighted by atomic mass is 9.95. The first-order valence-electron chi connectivity index (χ1n) is 6.13. The summed E-state index contributed by atoms with van der Waals surface area (Å²) in [6.07, 6.45) is -1.13. The van der Waals surface area contributed by atoms with E-state index in [2.05, 4.69) is 15.9 Å². The van der Waals surface area contributed by atoms with Gasteiger partial charge in [0.05, 0.1) is 6.10 Å². The van der Waals surface area contributed by atoms with Gasteiger partial charge in [0.2, 0.25) is 0 Å². The van der Waals surface area contributed by atoms with Crippen molar-refractivity contribution in [2.45, 2.75) is 18.6 Å². The number of halogens is 3. The number of hydrogen-bond acceptors (Lipinski definition) is 2. The van der Waals surface area contributed by atoms with E-state index in [1.54, 1.807) is 12.1 Å². The average Bonchev–Trinajstić information content (AvgIpc) is 2.37. The summed E-state index contributed by atoms with van der Waals surface area (Å²) >= 11 is 3.33. The second-order valence-electron chi connectivity index (χ2n) is 4.71. The molecule has 1 heterocycles. The minimum Gasteiger partial charge on any atom is -0.485 e. The van der Waals surface area contributed by atoms with Crippen molar-refractivity contribution in [3.05, 3.63) is 63.6 Å². The van der Waals surface area contributed by atoms with Crippen LogP contribution in [-0.4, -0.2) is 5.11 Å². The summed E-state index contributed by atoms with van der Waals surface area (Å²) in [5, 5.41) is 10.1. The quantitative estimate of drug-likeness (QED) is 0.839. The first-order chi connectivity index (χ1) is 9.54. The number of fused-ring (bicyclic) bond motifs is 1. The fourth-order valence-electron chi connectivity index (χ4n) is 2.37. The molecule has 5 heteroatoms. The second-order valence-corrected chi connectivity index (χ2v) is 5.62. The Balaban J connectivity index is 1.98. The number of ether oxygens (including phenoxy) is 1. The zero-order valence-electron chi connectivity index (χ0n) is 10.3. The SMILES string of the molecule is O[C@H]1CC(c2ccc(F)cc2F)Oc2cc(Br)ccc21. The van der Waals surface area contributed by atoms with Crippen LogP contribution in [-0.2, 0) is 0 Å². The maximum absolute atomic E-state index is 13.8. The molecule has 0 bridgehead atoms. The topological polar surface area (TPSA) is 29.5 Å². The van der Waals surface area contributed by atoms with Crippen LogP contribution < -0.4 is 4.74 Å². The van der Waals surface area contributed by atoms with E-state index < -0.39 is 23.8 Å². The van der Waals surface area contributed by atoms with Gasteiger partial charge in [0.15, 0.2) is 0 Å². The molecule has 0 amide bonds. The van der Waals surface area contributed by atoms with Crippen molar-refractivity contribution in [2.24, 2.45) is 0 Å². The van der Waals surface area contributed by atoms with Crippen molar-refractivity contribution in [1.82, 2.24) is 0 Å². The third-order valence-corrected chi connectivity index (χ3v) is 3.84. The van der Waals surface area contributed by atoms with Gasteiger partial charge in [0.1, 0.15) is 23.5 Å². The molecule has 0 spiro atoms. The lowest BCUT2D eigenvalue weighted by Crippen LogP contribution is -2.20. The Morgan fingerprint density at radius 3 is 2.60 bits per heavy atom. The van der Waals surface area contributed by atoms with E-state index in [0.717, 1.165) is 10.5 Å². The average molecular weight is 341 g/mol. The van der Waals surface area contributed by atoms with Crippen LogP contribution in [0.4, 0.5) is 8.78 Å². The molecule has 1 aliphatic rings. The van der Waals surface area contributed by atoms with E-state index in [1.807, 2.05) is 6.07 Å². The fourth-order valence-corrected chi connectivity index (χ4v) is 2.71. The van der Waals surface area contributed by atoms with E-state index >= 15 is 0 Å². The van der Waals surface area contributed by atoms with Gasteiger partial charge in [-0.1, -0.05) is 22.0 Å². The van der Waals surface area contributed by atoms with Gasteiger partial charge in [-0.25, -0.2) is 8.78 Å². The van der Waals surface area contributed by atoms with Crippen LogP contribution in [0.2, 0.25) is 0 Å². The Hall–Kier alpha value is -1.46. The van der Waals surface area contributed by atoms with Crippen LogP contribution in [0.5, 0.6) is 5.75 Å². The molecule has 0 aliphatic carbocycles. The first-order valence-corrected chi connectivity index (χ1v) is 6.93. The Kier molecular flexibility index (Phi) is 3.48. The summed E-state index contributed by atoms with van der Waals surface area (Å²) in [6.45, 7) is 0. The number of aliphatic hydroxyl groups is 1. The normalized spacial score (nSPS) is 21.2. The largest absolute Gasteiger partial charge is 0.485 e. The van der Waals surface area contributed by atoms with Gasteiger partial charge < -0.3 is 9.84 Å². The van der Waals surface area contributed by atoms with E-state index in [-0.39, 0.29) is 12.0 Å². The highest BCUT2D eigenvalue weighted by molar-refractivity contribution is 9.10. The molecule has 3 rings (SSSR count). The number of benzene rings is 2. The maximum atomic E-state index is 13.8. The molecule has 0 aromatic heterocycles. The maximum Gasteiger partial charge on any atom is 0.133 e. The van der Waals surface area contributed by atoms with E-state index in [1.165, 1.54) is 12.1 Å². The summed E-state index contributed by atoms with van der Waals surface area (Å²) in [7, 11) is 0. The van der Waals surface area contributed by atoms with Gasteiger partial charge in [-0.2, -0.15) is 0 Å². The molecular weight excluding hydrogens is 330 g/mol. The molecular formula is C15H11BrF2O2.